The summed E-state index contributed by atoms with van der Waals surface area (Å²) in [5, 5.41) is 9.26. The number of anilines is 1. The van der Waals surface area contributed by atoms with Gasteiger partial charge in [0.15, 0.2) is 6.29 Å². The molecule has 0 aromatic heterocycles. The van der Waals surface area contributed by atoms with Crippen LogP contribution in [0.15, 0.2) is 18.2 Å². The molecule has 14 heavy (non-hydrogen) atoms. The first kappa shape index (κ1) is 10.8. The maximum absolute atomic E-state index is 9.26. The Balaban J connectivity index is 2.79. The molecule has 0 spiro atoms. The summed E-state index contributed by atoms with van der Waals surface area (Å²) in [6.07, 6.45) is 0.187. The van der Waals surface area contributed by atoms with Crippen molar-refractivity contribution in [3.63, 3.8) is 0 Å². The third-order valence-corrected chi connectivity index (χ3v) is 2.04. The van der Waals surface area contributed by atoms with Gasteiger partial charge in [0.25, 0.3) is 0 Å². The molecule has 1 aromatic carbocycles. The lowest BCUT2D eigenvalue weighted by Crippen LogP contribution is -2.16. The second kappa shape index (κ2) is 4.83. The molecule has 0 atom stereocenters. The van der Waals surface area contributed by atoms with Crippen molar-refractivity contribution < 1.29 is 14.6 Å². The van der Waals surface area contributed by atoms with E-state index in [0.29, 0.717) is 12.1 Å². The van der Waals surface area contributed by atoms with Gasteiger partial charge in [-0.15, -0.1) is 0 Å². The lowest BCUT2D eigenvalue weighted by atomic mass is 10.1. The summed E-state index contributed by atoms with van der Waals surface area (Å²) < 4.78 is 10.1. The Morgan fingerprint density at radius 2 is 2.00 bits per heavy atom. The van der Waals surface area contributed by atoms with E-state index in [9.17, 15) is 5.11 Å². The van der Waals surface area contributed by atoms with Gasteiger partial charge in [-0.3, -0.25) is 0 Å². The van der Waals surface area contributed by atoms with Crippen LogP contribution in [0.1, 0.15) is 5.56 Å². The molecular weight excluding hydrogens is 182 g/mol. The lowest BCUT2D eigenvalue weighted by Gasteiger charge is -2.14. The van der Waals surface area contributed by atoms with Gasteiger partial charge in [0.2, 0.25) is 0 Å². The van der Waals surface area contributed by atoms with Crippen LogP contribution in [0.25, 0.3) is 0 Å². The van der Waals surface area contributed by atoms with E-state index in [1.54, 1.807) is 32.4 Å². The lowest BCUT2D eigenvalue weighted by molar-refractivity contribution is -0.100. The fourth-order valence-corrected chi connectivity index (χ4v) is 1.21. The van der Waals surface area contributed by atoms with Gasteiger partial charge in [0, 0.05) is 26.3 Å². The Bertz CT molecular complexity index is 297. The van der Waals surface area contributed by atoms with Gasteiger partial charge in [-0.25, -0.2) is 0 Å². The van der Waals surface area contributed by atoms with E-state index in [1.165, 1.54) is 0 Å². The van der Waals surface area contributed by atoms with E-state index in [-0.39, 0.29) is 12.0 Å². The highest BCUT2D eigenvalue weighted by atomic mass is 16.7. The SMILES string of the molecule is COC(Cc1cc(O)ccc1N)OC. The molecule has 0 unspecified atom stereocenters. The highest BCUT2D eigenvalue weighted by Gasteiger charge is 2.09. The van der Waals surface area contributed by atoms with Crippen LogP contribution in [-0.4, -0.2) is 25.6 Å². The topological polar surface area (TPSA) is 64.7 Å². The molecule has 0 saturated heterocycles. The predicted molar refractivity (Wildman–Crippen MR) is 54.0 cm³/mol. The van der Waals surface area contributed by atoms with Crippen molar-refractivity contribution in [1.82, 2.24) is 0 Å². The van der Waals surface area contributed by atoms with Crippen LogP contribution in [0.3, 0.4) is 0 Å². The van der Waals surface area contributed by atoms with E-state index < -0.39 is 0 Å². The van der Waals surface area contributed by atoms with Crippen molar-refractivity contribution >= 4 is 5.69 Å². The summed E-state index contributed by atoms with van der Waals surface area (Å²) in [5.74, 6) is 0.195. The summed E-state index contributed by atoms with van der Waals surface area (Å²) in [7, 11) is 3.13. The van der Waals surface area contributed by atoms with Crippen molar-refractivity contribution in [2.24, 2.45) is 0 Å². The molecule has 4 nitrogen and oxygen atoms in total. The summed E-state index contributed by atoms with van der Waals surface area (Å²) in [4.78, 5) is 0. The average Bonchev–Trinajstić information content (AvgIpc) is 2.19. The van der Waals surface area contributed by atoms with E-state index in [2.05, 4.69) is 0 Å². The maximum Gasteiger partial charge on any atom is 0.160 e. The maximum atomic E-state index is 9.26. The van der Waals surface area contributed by atoms with Crippen LogP contribution < -0.4 is 5.73 Å². The average molecular weight is 197 g/mol. The molecule has 1 aromatic rings. The Morgan fingerprint density at radius 1 is 1.36 bits per heavy atom. The molecule has 1 rings (SSSR count). The van der Waals surface area contributed by atoms with E-state index in [4.69, 9.17) is 15.2 Å². The van der Waals surface area contributed by atoms with Crippen molar-refractivity contribution in [3.05, 3.63) is 23.8 Å². The monoisotopic (exact) mass is 197 g/mol. The van der Waals surface area contributed by atoms with E-state index in [1.807, 2.05) is 0 Å². The van der Waals surface area contributed by atoms with E-state index >= 15 is 0 Å². The number of phenolic OH excluding ortho intramolecular Hbond substituents is 1. The van der Waals surface area contributed by atoms with Crippen molar-refractivity contribution in [2.75, 3.05) is 20.0 Å². The number of ether oxygens (including phenoxy) is 2. The minimum absolute atomic E-state index is 0.195. The van der Waals surface area contributed by atoms with Crippen LogP contribution >= 0.6 is 0 Å². The van der Waals surface area contributed by atoms with Gasteiger partial charge in [-0.05, 0) is 23.8 Å². The minimum atomic E-state index is -0.334. The van der Waals surface area contributed by atoms with Crippen molar-refractivity contribution in [1.29, 1.82) is 0 Å². The zero-order chi connectivity index (χ0) is 10.6. The predicted octanol–water partition coefficient (Wildman–Crippen LogP) is 1.14. The quantitative estimate of drug-likeness (QED) is 0.431. The number of nitrogens with two attached hydrogens (primary N) is 1. The molecule has 0 fully saturated rings. The summed E-state index contributed by atoms with van der Waals surface area (Å²) in [6.45, 7) is 0. The number of methoxy groups -OCH3 is 2. The molecule has 0 aliphatic carbocycles. The molecule has 78 valence electrons. The van der Waals surface area contributed by atoms with Crippen LogP contribution in [-0.2, 0) is 15.9 Å². The Kier molecular flexibility index (Phi) is 3.73. The number of benzene rings is 1. The molecule has 0 radical (unpaired) electrons. The third kappa shape index (κ3) is 2.61. The van der Waals surface area contributed by atoms with Gasteiger partial charge in [0.1, 0.15) is 5.75 Å². The van der Waals surface area contributed by atoms with Crippen molar-refractivity contribution in [2.45, 2.75) is 12.7 Å². The number of hydrogen-bond acceptors (Lipinski definition) is 4. The largest absolute Gasteiger partial charge is 0.508 e. The summed E-state index contributed by atoms with van der Waals surface area (Å²) >= 11 is 0. The standard InChI is InChI=1S/C10H15NO3/c1-13-10(14-2)6-7-5-8(12)3-4-9(7)11/h3-5,10,12H,6,11H2,1-2H3. The number of aromatic hydroxyl groups is 1. The normalized spacial score (nSPS) is 10.8. The molecule has 0 amide bonds. The molecular formula is C10H15NO3. The van der Waals surface area contributed by atoms with Gasteiger partial charge in [0.05, 0.1) is 0 Å². The van der Waals surface area contributed by atoms with Crippen LogP contribution in [0.2, 0.25) is 0 Å². The van der Waals surface area contributed by atoms with E-state index in [0.717, 1.165) is 5.56 Å². The highest BCUT2D eigenvalue weighted by Crippen LogP contribution is 2.20. The smallest absolute Gasteiger partial charge is 0.160 e. The van der Waals surface area contributed by atoms with Crippen LogP contribution in [0.5, 0.6) is 5.75 Å². The minimum Gasteiger partial charge on any atom is -0.508 e. The molecule has 0 heterocycles. The molecule has 3 N–H and O–H groups in total. The number of nitrogen functional groups attached to an aromatic ring is 1. The molecule has 0 bridgehead atoms. The zero-order valence-corrected chi connectivity index (χ0v) is 8.36. The second-order valence-corrected chi connectivity index (χ2v) is 2.99. The first-order valence-corrected chi connectivity index (χ1v) is 4.30. The Hall–Kier alpha value is -1.26. The summed E-state index contributed by atoms with van der Waals surface area (Å²) in [5.41, 5.74) is 7.17. The van der Waals surface area contributed by atoms with Crippen LogP contribution in [0.4, 0.5) is 5.69 Å². The first-order chi connectivity index (χ1) is 6.67. The number of rotatable bonds is 4. The fourth-order valence-electron chi connectivity index (χ4n) is 1.21. The van der Waals surface area contributed by atoms with Crippen molar-refractivity contribution in [3.8, 4) is 5.75 Å². The molecule has 0 saturated carbocycles. The zero-order valence-electron chi connectivity index (χ0n) is 8.36. The first-order valence-electron chi connectivity index (χ1n) is 4.30. The molecule has 4 heteroatoms. The van der Waals surface area contributed by atoms with Gasteiger partial charge < -0.3 is 20.3 Å². The second-order valence-electron chi connectivity index (χ2n) is 2.99. The van der Waals surface area contributed by atoms with Gasteiger partial charge >= 0.3 is 0 Å². The Morgan fingerprint density at radius 3 is 2.57 bits per heavy atom. The molecule has 0 aliphatic rings. The fraction of sp³-hybridized carbons (Fsp3) is 0.400. The summed E-state index contributed by atoms with van der Waals surface area (Å²) in [6, 6.07) is 4.82. The van der Waals surface area contributed by atoms with Gasteiger partial charge in [-0.1, -0.05) is 0 Å². The Labute approximate surface area is 83.3 Å². The number of hydrogen-bond donors (Lipinski definition) is 2. The molecule has 0 aliphatic heterocycles. The number of phenols is 1. The van der Waals surface area contributed by atoms with Crippen LogP contribution in [0, 0.1) is 0 Å². The highest BCUT2D eigenvalue weighted by molar-refractivity contribution is 5.50. The van der Waals surface area contributed by atoms with Gasteiger partial charge in [-0.2, -0.15) is 0 Å². The third-order valence-electron chi connectivity index (χ3n) is 2.04.